The number of nitrogens with zero attached hydrogens (tertiary/aromatic N) is 8. The predicted octanol–water partition coefficient (Wildman–Crippen LogP) is 4.15. The Bertz CT molecular complexity index is 2430. The number of halogens is 4. The number of furan rings is 1. The maximum Gasteiger partial charge on any atom is 0.435 e. The number of quaternary nitrogens is 1. The number of aliphatic carboxylic acids is 1. The van der Waals surface area contributed by atoms with Crippen LogP contribution in [0.5, 0.6) is 0 Å². The molecular formula is C39H41ClF3N10O6+. The van der Waals surface area contributed by atoms with Gasteiger partial charge in [0, 0.05) is 88.9 Å². The summed E-state index contributed by atoms with van der Waals surface area (Å²) in [7, 11) is 1.41. The first-order valence-electron chi connectivity index (χ1n) is 19.2. The molecule has 0 spiro atoms. The van der Waals surface area contributed by atoms with Gasteiger partial charge in [0.1, 0.15) is 5.52 Å². The molecule has 0 unspecified atom stereocenters. The number of alkyl halides is 3. The van der Waals surface area contributed by atoms with Crippen molar-refractivity contribution in [2.75, 3.05) is 70.8 Å². The molecule has 3 amide bonds. The van der Waals surface area contributed by atoms with E-state index in [0.717, 1.165) is 30.5 Å². The van der Waals surface area contributed by atoms with Crippen LogP contribution in [0.25, 0.3) is 28.2 Å². The quantitative estimate of drug-likeness (QED) is 0.173. The largest absolute Gasteiger partial charge is 0.477 e. The van der Waals surface area contributed by atoms with Gasteiger partial charge in [-0.3, -0.25) is 14.4 Å². The molecule has 310 valence electrons. The monoisotopic (exact) mass is 837 g/mol. The highest BCUT2D eigenvalue weighted by molar-refractivity contribution is 6.34. The van der Waals surface area contributed by atoms with Crippen LogP contribution in [0.2, 0.25) is 5.02 Å². The molecule has 59 heavy (non-hydrogen) atoms. The third kappa shape index (κ3) is 8.13. The van der Waals surface area contributed by atoms with Crippen LogP contribution in [0.15, 0.2) is 59.5 Å². The van der Waals surface area contributed by atoms with Crippen molar-refractivity contribution in [3.8, 4) is 17.1 Å². The second-order valence-electron chi connectivity index (χ2n) is 15.4. The van der Waals surface area contributed by atoms with E-state index in [2.05, 4.69) is 25.7 Å². The van der Waals surface area contributed by atoms with Crippen LogP contribution in [0.3, 0.4) is 0 Å². The van der Waals surface area contributed by atoms with Gasteiger partial charge in [-0.15, -0.1) is 0 Å². The molecule has 20 heteroatoms. The number of amides is 3. The SMILES string of the molecule is Cn1c(-c2cn(-c3ccc4occc4n3)nc2C(F)(F)F)cnc1C(=O)Nc1ccc(C(=O)N2CCN(C(=O)C3CC[N+](CC(=O)O)(CC4CNC4)CC3)CC2)c(Cl)c1. The molecule has 1 aromatic carbocycles. The lowest BCUT2D eigenvalue weighted by Gasteiger charge is -2.46. The van der Waals surface area contributed by atoms with Crippen molar-refractivity contribution >= 4 is 52.1 Å². The van der Waals surface area contributed by atoms with E-state index in [-0.39, 0.29) is 63.5 Å². The molecule has 3 N–H and O–H groups in total. The first kappa shape index (κ1) is 40.0. The Morgan fingerprint density at radius 2 is 1.76 bits per heavy atom. The lowest BCUT2D eigenvalue weighted by atomic mass is 9.90. The predicted molar refractivity (Wildman–Crippen MR) is 207 cm³/mol. The molecule has 3 aliphatic rings. The Balaban J connectivity index is 0.883. The summed E-state index contributed by atoms with van der Waals surface area (Å²) < 4.78 is 50.6. The van der Waals surface area contributed by atoms with E-state index in [1.165, 1.54) is 48.3 Å². The number of piperazine rings is 1. The van der Waals surface area contributed by atoms with Gasteiger partial charge >= 0.3 is 12.1 Å². The van der Waals surface area contributed by atoms with Crippen LogP contribution in [-0.4, -0.2) is 133 Å². The number of carboxylic acids is 1. The van der Waals surface area contributed by atoms with Gasteiger partial charge in [0.05, 0.1) is 53.9 Å². The number of pyridine rings is 1. The molecule has 3 saturated heterocycles. The first-order valence-corrected chi connectivity index (χ1v) is 19.6. The summed E-state index contributed by atoms with van der Waals surface area (Å²) in [5.41, 5.74) is -0.209. The highest BCUT2D eigenvalue weighted by Crippen LogP contribution is 2.37. The van der Waals surface area contributed by atoms with E-state index in [1.807, 2.05) is 0 Å². The first-order chi connectivity index (χ1) is 28.2. The Hall–Kier alpha value is -5.79. The molecule has 0 aliphatic carbocycles. The summed E-state index contributed by atoms with van der Waals surface area (Å²) in [5, 5.41) is 19.3. The number of aromatic nitrogens is 5. The van der Waals surface area contributed by atoms with Crippen molar-refractivity contribution in [1.29, 1.82) is 0 Å². The molecule has 0 atom stereocenters. The van der Waals surface area contributed by atoms with Gasteiger partial charge in [-0.2, -0.15) is 18.3 Å². The number of hydrogen-bond donors (Lipinski definition) is 3. The van der Waals surface area contributed by atoms with E-state index >= 15 is 0 Å². The van der Waals surface area contributed by atoms with Crippen molar-refractivity contribution in [3.63, 3.8) is 0 Å². The van der Waals surface area contributed by atoms with Gasteiger partial charge in [0.25, 0.3) is 11.8 Å². The summed E-state index contributed by atoms with van der Waals surface area (Å²) in [4.78, 5) is 63.9. The fourth-order valence-electron chi connectivity index (χ4n) is 8.32. The molecule has 4 aromatic heterocycles. The van der Waals surface area contributed by atoms with Crippen molar-refractivity contribution in [3.05, 3.63) is 77.2 Å². The average Bonchev–Trinajstić information content (AvgIpc) is 3.94. The van der Waals surface area contributed by atoms with Gasteiger partial charge in [-0.05, 0) is 30.3 Å². The van der Waals surface area contributed by atoms with Crippen LogP contribution in [0.1, 0.15) is 39.5 Å². The molecule has 5 aromatic rings. The van der Waals surface area contributed by atoms with E-state index < -0.39 is 23.7 Å². The van der Waals surface area contributed by atoms with E-state index in [9.17, 15) is 37.5 Å². The molecule has 16 nitrogen and oxygen atoms in total. The van der Waals surface area contributed by atoms with Gasteiger partial charge in [0.15, 0.2) is 29.5 Å². The van der Waals surface area contributed by atoms with E-state index in [4.69, 9.17) is 16.0 Å². The number of carbonyl (C=O) groups excluding carboxylic acids is 3. The summed E-state index contributed by atoms with van der Waals surface area (Å²) in [6.45, 7) is 5.25. The minimum absolute atomic E-state index is 0.0215. The van der Waals surface area contributed by atoms with Crippen molar-refractivity contribution < 1.29 is 46.4 Å². The molecular weight excluding hydrogens is 797 g/mol. The van der Waals surface area contributed by atoms with Crippen LogP contribution in [0, 0.1) is 11.8 Å². The lowest BCUT2D eigenvalue weighted by molar-refractivity contribution is -0.929. The number of rotatable bonds is 10. The van der Waals surface area contributed by atoms with E-state index in [0.29, 0.717) is 73.6 Å². The van der Waals surface area contributed by atoms with Crippen LogP contribution in [0.4, 0.5) is 18.9 Å². The molecule has 3 fully saturated rings. The number of imidazole rings is 1. The number of carboxylic acid groups (broad SMARTS) is 1. The summed E-state index contributed by atoms with van der Waals surface area (Å²) in [6, 6.07) is 8.99. The summed E-state index contributed by atoms with van der Waals surface area (Å²) in [5.74, 6) is -1.66. The number of likely N-dealkylation sites (tertiary alicyclic amines) is 1. The van der Waals surface area contributed by atoms with Crippen LogP contribution in [-0.2, 0) is 22.8 Å². The zero-order valence-corrected chi connectivity index (χ0v) is 32.7. The van der Waals surface area contributed by atoms with Crippen molar-refractivity contribution in [2.45, 2.75) is 19.0 Å². The smallest absolute Gasteiger partial charge is 0.435 e. The molecule has 3 aliphatic heterocycles. The van der Waals surface area contributed by atoms with Gasteiger partial charge < -0.3 is 39.0 Å². The lowest BCUT2D eigenvalue weighted by Crippen LogP contribution is -2.62. The zero-order chi connectivity index (χ0) is 41.6. The standard InChI is InChI=1S/C39H40ClF3N10O6/c1-49-30(27-20-52(48-34(27)39(41,42)43)32-5-4-31-29(47-32)8-15-59-31)19-45-35(49)36(56)46-25-2-3-26(28(40)16-25)38(58)51-11-9-50(10-12-51)37(57)24-6-13-53(14-7-24,22-33(54)55)21-23-17-44-18-23/h2-5,8,15-16,19-20,23-24,44H,6-7,9-14,17-18,21-22H2,1H3,(H-,46,54,55,56,58)/p+1. The Labute approximate surface area is 340 Å². The minimum Gasteiger partial charge on any atom is -0.477 e. The normalized spacial score (nSPS) is 20.1. The number of piperidine rings is 1. The second-order valence-corrected chi connectivity index (χ2v) is 15.8. The Kier molecular flexibility index (Phi) is 10.7. The summed E-state index contributed by atoms with van der Waals surface area (Å²) >= 11 is 6.55. The zero-order valence-electron chi connectivity index (χ0n) is 31.9. The number of nitrogens with one attached hydrogen (secondary N) is 2. The third-order valence-electron chi connectivity index (χ3n) is 11.5. The number of carbonyl (C=O) groups is 4. The molecule has 0 bridgehead atoms. The second kappa shape index (κ2) is 15.8. The number of hydrogen-bond acceptors (Lipinski definition) is 9. The number of anilines is 1. The Morgan fingerprint density at radius 3 is 2.42 bits per heavy atom. The molecule has 8 rings (SSSR count). The fourth-order valence-corrected chi connectivity index (χ4v) is 8.58. The average molecular weight is 838 g/mol. The molecule has 0 radical (unpaired) electrons. The number of benzene rings is 1. The fraction of sp³-hybridized carbons (Fsp3) is 0.410. The van der Waals surface area contributed by atoms with Crippen molar-refractivity contribution in [2.24, 2.45) is 18.9 Å². The minimum atomic E-state index is -4.84. The molecule has 0 saturated carbocycles. The van der Waals surface area contributed by atoms with Crippen LogP contribution >= 0.6 is 11.6 Å². The van der Waals surface area contributed by atoms with Gasteiger partial charge in [-0.1, -0.05) is 11.6 Å². The third-order valence-corrected chi connectivity index (χ3v) is 11.9. The van der Waals surface area contributed by atoms with Gasteiger partial charge in [-0.25, -0.2) is 19.4 Å². The molecule has 7 heterocycles. The van der Waals surface area contributed by atoms with Crippen LogP contribution < -0.4 is 10.6 Å². The number of fused-ring (bicyclic) bond motifs is 1. The van der Waals surface area contributed by atoms with Gasteiger partial charge in [0.2, 0.25) is 5.91 Å². The Morgan fingerprint density at radius 1 is 1.03 bits per heavy atom. The van der Waals surface area contributed by atoms with Crippen molar-refractivity contribution in [1.82, 2.24) is 39.4 Å². The maximum atomic E-state index is 14.2. The van der Waals surface area contributed by atoms with E-state index in [1.54, 1.807) is 21.9 Å². The summed E-state index contributed by atoms with van der Waals surface area (Å²) in [6.07, 6.45) is 0.145. The maximum absolute atomic E-state index is 14.2. The highest BCUT2D eigenvalue weighted by atomic mass is 35.5. The highest BCUT2D eigenvalue weighted by Gasteiger charge is 2.42. The topological polar surface area (TPSA) is 181 Å².